The number of alkyl carbamates (subject to hydrolysis) is 1. The molecular formula is C36H47ClN4O4. The molecule has 0 spiro atoms. The number of ether oxygens (including phenoxy) is 1. The average Bonchev–Trinajstić information content (AvgIpc) is 3.06. The van der Waals surface area contributed by atoms with Crippen molar-refractivity contribution in [1.82, 2.24) is 20.5 Å². The first-order valence-electron chi connectivity index (χ1n) is 16.4. The van der Waals surface area contributed by atoms with Crippen LogP contribution in [0, 0.1) is 24.7 Å². The molecule has 0 bridgehead atoms. The van der Waals surface area contributed by atoms with E-state index in [9.17, 15) is 14.7 Å². The van der Waals surface area contributed by atoms with Crippen LogP contribution in [0.2, 0.25) is 5.02 Å². The van der Waals surface area contributed by atoms with Gasteiger partial charge in [-0.15, -0.1) is 0 Å². The van der Waals surface area contributed by atoms with E-state index in [1.165, 1.54) is 7.05 Å². The van der Waals surface area contributed by atoms with Gasteiger partial charge in [-0.25, -0.2) is 9.78 Å². The molecule has 5 rings (SSSR count). The second-order valence-corrected chi connectivity index (χ2v) is 13.2. The minimum atomic E-state index is -1.34. The van der Waals surface area contributed by atoms with E-state index in [0.717, 1.165) is 61.5 Å². The van der Waals surface area contributed by atoms with Gasteiger partial charge in [0.15, 0.2) is 0 Å². The van der Waals surface area contributed by atoms with Gasteiger partial charge >= 0.3 is 6.09 Å². The Balaban J connectivity index is 1.47. The maximum absolute atomic E-state index is 13.8. The molecule has 2 atom stereocenters. The highest BCUT2D eigenvalue weighted by molar-refractivity contribution is 6.33. The fourth-order valence-electron chi connectivity index (χ4n) is 7.44. The minimum Gasteiger partial charge on any atom is -0.450 e. The largest absolute Gasteiger partial charge is 0.450 e. The fraction of sp³-hybridized carbons (Fsp3) is 0.528. The van der Waals surface area contributed by atoms with Crippen molar-refractivity contribution < 1.29 is 19.4 Å². The van der Waals surface area contributed by atoms with Gasteiger partial charge < -0.3 is 25.4 Å². The Hall–Kier alpha value is -3.20. The van der Waals surface area contributed by atoms with Gasteiger partial charge in [0.05, 0.1) is 28.4 Å². The molecule has 2 aliphatic rings. The maximum Gasteiger partial charge on any atom is 0.406 e. The van der Waals surface area contributed by atoms with Crippen LogP contribution in [0.4, 0.5) is 4.79 Å². The first kappa shape index (κ1) is 33.2. The average molecular weight is 635 g/mol. The summed E-state index contributed by atoms with van der Waals surface area (Å²) in [5.74, 6) is 0.655. The van der Waals surface area contributed by atoms with Crippen LogP contribution in [0.25, 0.3) is 22.2 Å². The van der Waals surface area contributed by atoms with Gasteiger partial charge in [-0.1, -0.05) is 48.0 Å². The summed E-state index contributed by atoms with van der Waals surface area (Å²) in [6.45, 7) is 4.37. The number of rotatable bonds is 10. The van der Waals surface area contributed by atoms with Crippen LogP contribution in [-0.4, -0.2) is 67.3 Å². The number of hydrogen-bond donors (Lipinski definition) is 3. The molecule has 1 saturated carbocycles. The van der Waals surface area contributed by atoms with E-state index in [2.05, 4.69) is 10.6 Å². The topological polar surface area (TPSA) is 104 Å². The van der Waals surface area contributed by atoms with Gasteiger partial charge in [0.1, 0.15) is 0 Å². The Morgan fingerprint density at radius 1 is 1.07 bits per heavy atom. The van der Waals surface area contributed by atoms with E-state index >= 15 is 0 Å². The first-order valence-corrected chi connectivity index (χ1v) is 16.8. The molecule has 8 nitrogen and oxygen atoms in total. The van der Waals surface area contributed by atoms with Crippen LogP contribution in [0.5, 0.6) is 0 Å². The summed E-state index contributed by atoms with van der Waals surface area (Å²) in [7, 11) is 3.51. The standard InChI is InChI=1S/C36H47ClN4O4/c1-24-8-4-9-26-17-18-31(40-33(24)26)32-29(11-5-12-30(32)37)36(44,19-7-21-45-35(43)39-3)28-10-6-20-41(23-28)34(42)27-15-13-25(14-16-27)22-38-2/h4-5,8-9,11-12,17-18,25,27-28,38,44H,6-7,10,13-16,19-23H2,1-3H3,(H,39,43)/t25?,27?,28-,36+/m1/s1. The minimum absolute atomic E-state index is 0.0395. The number of aliphatic hydroxyl groups is 1. The third kappa shape index (κ3) is 7.45. The lowest BCUT2D eigenvalue weighted by Gasteiger charge is -2.44. The number of piperidine rings is 1. The van der Waals surface area contributed by atoms with Crippen molar-refractivity contribution >= 4 is 34.5 Å². The third-order valence-corrected chi connectivity index (χ3v) is 10.2. The first-order chi connectivity index (χ1) is 21.7. The molecule has 1 aliphatic heterocycles. The molecule has 1 saturated heterocycles. The van der Waals surface area contributed by atoms with Crippen LogP contribution in [0.15, 0.2) is 48.5 Å². The van der Waals surface area contributed by atoms with Crippen molar-refractivity contribution in [3.8, 4) is 11.3 Å². The lowest BCUT2D eigenvalue weighted by Crippen LogP contribution is -2.50. The van der Waals surface area contributed by atoms with Crippen LogP contribution >= 0.6 is 11.6 Å². The number of likely N-dealkylation sites (tertiary alicyclic amines) is 1. The molecule has 45 heavy (non-hydrogen) atoms. The van der Waals surface area contributed by atoms with E-state index in [4.69, 9.17) is 21.3 Å². The zero-order valence-corrected chi connectivity index (χ0v) is 27.5. The molecule has 2 fully saturated rings. The zero-order valence-electron chi connectivity index (χ0n) is 26.8. The molecule has 0 radical (unpaired) electrons. The summed E-state index contributed by atoms with van der Waals surface area (Å²) in [5.41, 5.74) is 2.71. The van der Waals surface area contributed by atoms with Crippen molar-refractivity contribution in [2.45, 2.75) is 63.9 Å². The van der Waals surface area contributed by atoms with Crippen molar-refractivity contribution in [2.75, 3.05) is 40.3 Å². The maximum atomic E-state index is 13.8. The van der Waals surface area contributed by atoms with Gasteiger partial charge in [0, 0.05) is 42.9 Å². The Bertz CT molecular complexity index is 1490. The van der Waals surface area contributed by atoms with Gasteiger partial charge in [-0.05, 0) is 101 Å². The van der Waals surface area contributed by atoms with Crippen molar-refractivity contribution in [1.29, 1.82) is 0 Å². The van der Waals surface area contributed by atoms with Gasteiger partial charge in [-0.2, -0.15) is 0 Å². The van der Waals surface area contributed by atoms with Crippen molar-refractivity contribution in [3.05, 3.63) is 64.7 Å². The third-order valence-electron chi connectivity index (χ3n) is 9.89. The zero-order chi connectivity index (χ0) is 32.0. The number of hydrogen-bond acceptors (Lipinski definition) is 6. The van der Waals surface area contributed by atoms with Crippen LogP contribution in [-0.2, 0) is 15.1 Å². The second-order valence-electron chi connectivity index (χ2n) is 12.8. The lowest BCUT2D eigenvalue weighted by atomic mass is 9.72. The summed E-state index contributed by atoms with van der Waals surface area (Å²) in [5, 5.41) is 20.2. The number of amides is 2. The number of nitrogens with zero attached hydrogens (tertiary/aromatic N) is 2. The number of carbonyl (C=O) groups excluding carboxylic acids is 2. The SMILES string of the molecule is CNCC1CCC(C(=O)N2CCC[C@@H]([C@@](O)(CCCOC(=O)NC)c3cccc(Cl)c3-c3ccc4cccc(C)c4n3)C2)CC1. The molecule has 2 heterocycles. The monoisotopic (exact) mass is 634 g/mol. The Morgan fingerprint density at radius 2 is 1.84 bits per heavy atom. The predicted octanol–water partition coefficient (Wildman–Crippen LogP) is 6.45. The van der Waals surface area contributed by atoms with E-state index in [-0.39, 0.29) is 24.3 Å². The van der Waals surface area contributed by atoms with Crippen molar-refractivity contribution in [2.24, 2.45) is 17.8 Å². The number of aromatic nitrogens is 1. The van der Waals surface area contributed by atoms with Crippen LogP contribution in [0.1, 0.15) is 62.5 Å². The summed E-state index contributed by atoms with van der Waals surface area (Å²) in [6.07, 6.45) is 5.82. The predicted molar refractivity (Wildman–Crippen MR) is 179 cm³/mol. The van der Waals surface area contributed by atoms with E-state index < -0.39 is 11.7 Å². The van der Waals surface area contributed by atoms with Crippen LogP contribution < -0.4 is 10.6 Å². The molecule has 9 heteroatoms. The molecule has 2 amide bonds. The highest BCUT2D eigenvalue weighted by Gasteiger charge is 2.44. The smallest absolute Gasteiger partial charge is 0.406 e. The molecule has 3 N–H and O–H groups in total. The molecule has 3 aromatic rings. The second kappa shape index (κ2) is 14.9. The number of benzene rings is 2. The van der Waals surface area contributed by atoms with Crippen molar-refractivity contribution in [3.63, 3.8) is 0 Å². The van der Waals surface area contributed by atoms with E-state index in [1.807, 2.05) is 67.4 Å². The molecule has 1 aromatic heterocycles. The summed E-state index contributed by atoms with van der Waals surface area (Å²) >= 11 is 6.94. The summed E-state index contributed by atoms with van der Waals surface area (Å²) < 4.78 is 5.31. The molecule has 242 valence electrons. The van der Waals surface area contributed by atoms with E-state index in [1.54, 1.807) is 0 Å². The number of nitrogens with one attached hydrogen (secondary N) is 2. The normalized spacial score (nSPS) is 21.7. The Labute approximate surface area is 271 Å². The summed E-state index contributed by atoms with van der Waals surface area (Å²) in [4.78, 5) is 32.6. The lowest BCUT2D eigenvalue weighted by molar-refractivity contribution is -0.142. The Kier molecular flexibility index (Phi) is 11.0. The molecule has 2 aromatic carbocycles. The Morgan fingerprint density at radius 3 is 2.60 bits per heavy atom. The van der Waals surface area contributed by atoms with Crippen LogP contribution in [0.3, 0.4) is 0 Å². The van der Waals surface area contributed by atoms with E-state index in [0.29, 0.717) is 53.7 Å². The molecule has 0 unspecified atom stereocenters. The highest BCUT2D eigenvalue weighted by atomic mass is 35.5. The molecule has 1 aliphatic carbocycles. The highest BCUT2D eigenvalue weighted by Crippen LogP contribution is 2.46. The molecular weight excluding hydrogens is 588 g/mol. The number of halogens is 1. The number of para-hydroxylation sites is 1. The number of pyridine rings is 1. The number of carbonyl (C=O) groups is 2. The van der Waals surface area contributed by atoms with Gasteiger partial charge in [0.2, 0.25) is 5.91 Å². The quantitative estimate of drug-likeness (QED) is 0.222. The van der Waals surface area contributed by atoms with Gasteiger partial charge in [-0.3, -0.25) is 4.79 Å². The van der Waals surface area contributed by atoms with Gasteiger partial charge in [0.25, 0.3) is 0 Å². The summed E-state index contributed by atoms with van der Waals surface area (Å²) in [6, 6.07) is 15.7. The fourth-order valence-corrected chi connectivity index (χ4v) is 7.72. The number of fused-ring (bicyclic) bond motifs is 1. The number of aryl methyl sites for hydroxylation is 1.